The van der Waals surface area contributed by atoms with Crippen molar-refractivity contribution in [2.45, 2.75) is 13.3 Å². The Morgan fingerprint density at radius 3 is 2.48 bits per heavy atom. The van der Waals surface area contributed by atoms with Crippen LogP contribution in [0.25, 0.3) is 5.69 Å². The lowest BCUT2D eigenvalue weighted by atomic mass is 10.1. The maximum atomic E-state index is 12.5. The summed E-state index contributed by atoms with van der Waals surface area (Å²) in [5.41, 5.74) is 4.64. The number of hydrogen-bond donors (Lipinski definition) is 2. The number of anilines is 2. The van der Waals surface area contributed by atoms with E-state index >= 15 is 0 Å². The molecule has 0 spiro atoms. The van der Waals surface area contributed by atoms with Crippen LogP contribution < -0.4 is 10.6 Å². The minimum Gasteiger partial charge on any atom is -0.323 e. The molecule has 0 fully saturated rings. The number of aromatic nitrogens is 2. The molecule has 0 radical (unpaired) electrons. The molecule has 31 heavy (non-hydrogen) atoms. The molecule has 0 aliphatic heterocycles. The van der Waals surface area contributed by atoms with Crippen LogP contribution in [0.4, 0.5) is 11.4 Å². The Kier molecular flexibility index (Phi) is 5.89. The van der Waals surface area contributed by atoms with E-state index in [1.807, 2.05) is 67.6 Å². The lowest BCUT2D eigenvalue weighted by molar-refractivity contribution is -0.115. The van der Waals surface area contributed by atoms with E-state index in [0.717, 1.165) is 22.5 Å². The van der Waals surface area contributed by atoms with Gasteiger partial charge in [0.2, 0.25) is 5.91 Å². The molecule has 3 aromatic carbocycles. The van der Waals surface area contributed by atoms with Crippen LogP contribution in [0, 0.1) is 6.92 Å². The van der Waals surface area contributed by atoms with Gasteiger partial charge in [0.05, 0.1) is 30.2 Å². The number of aryl methyl sites for hydroxylation is 1. The van der Waals surface area contributed by atoms with Gasteiger partial charge in [-0.2, -0.15) is 5.10 Å². The van der Waals surface area contributed by atoms with E-state index in [1.54, 1.807) is 35.3 Å². The predicted molar refractivity (Wildman–Crippen MR) is 121 cm³/mol. The van der Waals surface area contributed by atoms with Crippen molar-refractivity contribution in [3.8, 4) is 5.69 Å². The van der Waals surface area contributed by atoms with E-state index in [1.165, 1.54) is 0 Å². The molecular weight excluding hydrogens is 388 g/mol. The van der Waals surface area contributed by atoms with E-state index in [4.69, 9.17) is 0 Å². The smallest absolute Gasteiger partial charge is 0.255 e. The largest absolute Gasteiger partial charge is 0.323 e. The fraction of sp³-hybridized carbons (Fsp3) is 0.0800. The van der Waals surface area contributed by atoms with Crippen molar-refractivity contribution in [2.24, 2.45) is 0 Å². The number of rotatable bonds is 6. The summed E-state index contributed by atoms with van der Waals surface area (Å²) >= 11 is 0. The summed E-state index contributed by atoms with van der Waals surface area (Å²) in [6.45, 7) is 2.00. The summed E-state index contributed by atoms with van der Waals surface area (Å²) in [7, 11) is 0. The van der Waals surface area contributed by atoms with E-state index in [2.05, 4.69) is 15.7 Å². The van der Waals surface area contributed by atoms with Gasteiger partial charge >= 0.3 is 0 Å². The van der Waals surface area contributed by atoms with Crippen molar-refractivity contribution >= 4 is 23.2 Å². The zero-order chi connectivity index (χ0) is 21.6. The highest BCUT2D eigenvalue weighted by atomic mass is 16.2. The van der Waals surface area contributed by atoms with E-state index in [9.17, 15) is 9.59 Å². The summed E-state index contributed by atoms with van der Waals surface area (Å²) in [5.74, 6) is -0.312. The van der Waals surface area contributed by atoms with Crippen molar-refractivity contribution in [2.75, 3.05) is 10.6 Å². The molecule has 1 heterocycles. The van der Waals surface area contributed by atoms with Crippen molar-refractivity contribution in [1.82, 2.24) is 9.78 Å². The molecule has 6 nitrogen and oxygen atoms in total. The van der Waals surface area contributed by atoms with Crippen LogP contribution in [0.15, 0.2) is 91.3 Å². The summed E-state index contributed by atoms with van der Waals surface area (Å²) < 4.78 is 1.63. The first-order chi connectivity index (χ1) is 15.1. The number of hydrogen-bond acceptors (Lipinski definition) is 3. The Morgan fingerprint density at radius 1 is 0.871 bits per heavy atom. The first-order valence-corrected chi connectivity index (χ1v) is 9.94. The molecule has 4 rings (SSSR count). The standard InChI is InChI=1S/C25H22N4O2/c1-18-7-5-8-19(13-18)14-24(30)27-22-16-26-29(17-22)23-12-6-9-20(15-23)25(31)28-21-10-3-2-4-11-21/h2-13,15-17H,14H2,1H3,(H,27,30)(H,28,31). The molecular formula is C25H22N4O2. The van der Waals surface area contributed by atoms with Crippen molar-refractivity contribution in [1.29, 1.82) is 0 Å². The summed E-state index contributed by atoms with van der Waals surface area (Å²) in [4.78, 5) is 24.9. The molecule has 0 unspecified atom stereocenters. The number of nitrogens with zero attached hydrogens (tertiary/aromatic N) is 2. The minimum atomic E-state index is -0.202. The Bertz CT molecular complexity index is 1210. The molecule has 2 amide bonds. The molecule has 1 aromatic heterocycles. The molecule has 0 aliphatic rings. The van der Waals surface area contributed by atoms with Crippen LogP contribution in [0.1, 0.15) is 21.5 Å². The SMILES string of the molecule is Cc1cccc(CC(=O)Nc2cnn(-c3cccc(C(=O)Nc4ccccc4)c3)c2)c1. The highest BCUT2D eigenvalue weighted by molar-refractivity contribution is 6.04. The monoisotopic (exact) mass is 410 g/mol. The first kappa shape index (κ1) is 20.1. The average Bonchev–Trinajstić information content (AvgIpc) is 3.23. The summed E-state index contributed by atoms with van der Waals surface area (Å²) in [6, 6.07) is 24.3. The molecule has 6 heteroatoms. The molecule has 0 bridgehead atoms. The molecule has 0 aliphatic carbocycles. The number of nitrogens with one attached hydrogen (secondary N) is 2. The van der Waals surface area contributed by atoms with Crippen molar-refractivity contribution in [3.63, 3.8) is 0 Å². The number of carbonyl (C=O) groups is 2. The highest BCUT2D eigenvalue weighted by Gasteiger charge is 2.10. The Hall–Kier alpha value is -4.19. The van der Waals surface area contributed by atoms with Gasteiger partial charge in [-0.05, 0) is 42.8 Å². The van der Waals surface area contributed by atoms with Gasteiger partial charge in [-0.1, -0.05) is 54.1 Å². The lowest BCUT2D eigenvalue weighted by Crippen LogP contribution is -2.14. The number of carbonyl (C=O) groups excluding carboxylic acids is 2. The molecule has 154 valence electrons. The fourth-order valence-corrected chi connectivity index (χ4v) is 3.26. The van der Waals surface area contributed by atoms with Crippen molar-refractivity contribution in [3.05, 3.63) is 108 Å². The molecule has 0 saturated heterocycles. The van der Waals surface area contributed by atoms with Gasteiger partial charge in [-0.25, -0.2) is 4.68 Å². The molecule has 4 aromatic rings. The molecule has 2 N–H and O–H groups in total. The number of amides is 2. The Labute approximate surface area is 180 Å². The third kappa shape index (κ3) is 5.25. The van der Waals surface area contributed by atoms with Gasteiger partial charge in [0.1, 0.15) is 0 Å². The molecule has 0 saturated carbocycles. The number of para-hydroxylation sites is 1. The minimum absolute atomic E-state index is 0.110. The predicted octanol–water partition coefficient (Wildman–Crippen LogP) is 4.61. The van der Waals surface area contributed by atoms with E-state index in [-0.39, 0.29) is 11.8 Å². The van der Waals surface area contributed by atoms with E-state index < -0.39 is 0 Å². The van der Waals surface area contributed by atoms with Gasteiger partial charge in [-0.15, -0.1) is 0 Å². The third-order valence-corrected chi connectivity index (χ3v) is 4.72. The van der Waals surface area contributed by atoms with E-state index in [0.29, 0.717) is 17.7 Å². The zero-order valence-corrected chi connectivity index (χ0v) is 17.1. The topological polar surface area (TPSA) is 76.0 Å². The Morgan fingerprint density at radius 2 is 1.68 bits per heavy atom. The number of benzene rings is 3. The Balaban J connectivity index is 1.43. The maximum absolute atomic E-state index is 12.5. The first-order valence-electron chi connectivity index (χ1n) is 9.94. The van der Waals surface area contributed by atoms with Crippen molar-refractivity contribution < 1.29 is 9.59 Å². The van der Waals surface area contributed by atoms with Gasteiger partial charge < -0.3 is 10.6 Å². The lowest BCUT2D eigenvalue weighted by Gasteiger charge is -2.07. The second-order valence-corrected chi connectivity index (χ2v) is 7.26. The highest BCUT2D eigenvalue weighted by Crippen LogP contribution is 2.16. The van der Waals surface area contributed by atoms with Crippen LogP contribution in [0.5, 0.6) is 0 Å². The average molecular weight is 410 g/mol. The van der Waals surface area contributed by atoms with Crippen LogP contribution >= 0.6 is 0 Å². The van der Waals surface area contributed by atoms with Crippen LogP contribution in [0.3, 0.4) is 0 Å². The quantitative estimate of drug-likeness (QED) is 0.487. The third-order valence-electron chi connectivity index (χ3n) is 4.72. The summed E-state index contributed by atoms with van der Waals surface area (Å²) in [6.07, 6.45) is 3.61. The van der Waals surface area contributed by atoms with Crippen LogP contribution in [0.2, 0.25) is 0 Å². The van der Waals surface area contributed by atoms with Crippen LogP contribution in [-0.2, 0) is 11.2 Å². The summed E-state index contributed by atoms with van der Waals surface area (Å²) in [5, 5.41) is 10.1. The van der Waals surface area contributed by atoms with Gasteiger partial charge in [0, 0.05) is 11.3 Å². The van der Waals surface area contributed by atoms with Gasteiger partial charge in [0.15, 0.2) is 0 Å². The van der Waals surface area contributed by atoms with Gasteiger partial charge in [-0.3, -0.25) is 9.59 Å². The zero-order valence-electron chi connectivity index (χ0n) is 17.1. The maximum Gasteiger partial charge on any atom is 0.255 e. The second-order valence-electron chi connectivity index (χ2n) is 7.26. The normalized spacial score (nSPS) is 10.5. The fourth-order valence-electron chi connectivity index (χ4n) is 3.26. The van der Waals surface area contributed by atoms with Crippen LogP contribution in [-0.4, -0.2) is 21.6 Å². The molecule has 0 atom stereocenters. The van der Waals surface area contributed by atoms with Gasteiger partial charge in [0.25, 0.3) is 5.91 Å². The second kappa shape index (κ2) is 9.09.